The molecule has 0 saturated heterocycles. The zero-order chi connectivity index (χ0) is 14.5. The Kier molecular flexibility index (Phi) is 4.98. The van der Waals surface area contributed by atoms with Crippen molar-refractivity contribution < 1.29 is 0 Å². The molecule has 20 heavy (non-hydrogen) atoms. The van der Waals surface area contributed by atoms with Crippen molar-refractivity contribution in [3.05, 3.63) is 0 Å². The third kappa shape index (κ3) is 3.95. The summed E-state index contributed by atoms with van der Waals surface area (Å²) < 4.78 is 0. The molecule has 1 aliphatic rings. The zero-order valence-corrected chi connectivity index (χ0v) is 13.1. The Hall–Kier alpha value is -1.59. The van der Waals surface area contributed by atoms with E-state index in [2.05, 4.69) is 39.0 Å². The molecule has 6 nitrogen and oxygen atoms in total. The number of anilines is 3. The van der Waals surface area contributed by atoms with Gasteiger partial charge in [0.15, 0.2) is 0 Å². The van der Waals surface area contributed by atoms with Crippen LogP contribution in [0.15, 0.2) is 0 Å². The summed E-state index contributed by atoms with van der Waals surface area (Å²) in [5.41, 5.74) is 0. The molecule has 2 rings (SSSR count). The minimum absolute atomic E-state index is 0.676. The average Bonchev–Trinajstić information content (AvgIpc) is 3.26. The number of hydrogen-bond acceptors (Lipinski definition) is 6. The quantitative estimate of drug-likeness (QED) is 0.785. The number of rotatable bonds is 8. The summed E-state index contributed by atoms with van der Waals surface area (Å²) in [5.74, 6) is 3.00. The molecule has 0 spiro atoms. The molecule has 1 aromatic rings. The van der Waals surface area contributed by atoms with Crippen LogP contribution >= 0.6 is 0 Å². The third-order valence-corrected chi connectivity index (χ3v) is 3.38. The molecule has 0 bridgehead atoms. The highest BCUT2D eigenvalue weighted by molar-refractivity contribution is 5.44. The van der Waals surface area contributed by atoms with Gasteiger partial charge in [0.05, 0.1) is 0 Å². The third-order valence-electron chi connectivity index (χ3n) is 3.38. The van der Waals surface area contributed by atoms with Crippen molar-refractivity contribution in [2.24, 2.45) is 5.92 Å². The number of nitrogens with one attached hydrogen (secondary N) is 1. The van der Waals surface area contributed by atoms with Gasteiger partial charge in [0, 0.05) is 33.7 Å². The zero-order valence-electron chi connectivity index (χ0n) is 13.1. The first-order valence-corrected chi connectivity index (χ1v) is 7.56. The Morgan fingerprint density at radius 3 is 2.35 bits per heavy atom. The SMILES string of the molecule is CCCNc1nc(N(C)C)nc(N(CC)CC2CC2)n1. The molecule has 1 aromatic heterocycles. The molecule has 112 valence electrons. The van der Waals surface area contributed by atoms with E-state index in [-0.39, 0.29) is 0 Å². The van der Waals surface area contributed by atoms with Crippen LogP contribution < -0.4 is 15.1 Å². The first-order valence-electron chi connectivity index (χ1n) is 7.56. The molecule has 0 radical (unpaired) electrons. The highest BCUT2D eigenvalue weighted by atomic mass is 15.3. The molecule has 0 amide bonds. The van der Waals surface area contributed by atoms with Crippen LogP contribution in [0.1, 0.15) is 33.1 Å². The Morgan fingerprint density at radius 2 is 1.80 bits per heavy atom. The highest BCUT2D eigenvalue weighted by Crippen LogP contribution is 2.30. The van der Waals surface area contributed by atoms with Crippen molar-refractivity contribution in [1.82, 2.24) is 15.0 Å². The molecule has 1 fully saturated rings. The van der Waals surface area contributed by atoms with Gasteiger partial charge in [-0.05, 0) is 32.1 Å². The fourth-order valence-corrected chi connectivity index (χ4v) is 1.98. The summed E-state index contributed by atoms with van der Waals surface area (Å²) in [6.07, 6.45) is 3.73. The maximum atomic E-state index is 4.58. The lowest BCUT2D eigenvalue weighted by atomic mass is 10.4. The van der Waals surface area contributed by atoms with Gasteiger partial charge in [-0.1, -0.05) is 6.92 Å². The normalized spacial score (nSPS) is 14.2. The minimum Gasteiger partial charge on any atom is -0.354 e. The van der Waals surface area contributed by atoms with Gasteiger partial charge in [-0.2, -0.15) is 15.0 Å². The molecule has 0 aliphatic heterocycles. The van der Waals surface area contributed by atoms with Crippen LogP contribution in [-0.4, -0.2) is 48.7 Å². The van der Waals surface area contributed by atoms with Gasteiger partial charge in [-0.15, -0.1) is 0 Å². The van der Waals surface area contributed by atoms with Crippen molar-refractivity contribution >= 4 is 17.8 Å². The second-order valence-corrected chi connectivity index (χ2v) is 5.56. The summed E-state index contributed by atoms with van der Waals surface area (Å²) in [6.45, 7) is 7.15. The van der Waals surface area contributed by atoms with Crippen LogP contribution in [0.4, 0.5) is 17.8 Å². The molecule has 0 aromatic carbocycles. The molecular weight excluding hydrogens is 252 g/mol. The van der Waals surface area contributed by atoms with Gasteiger partial charge in [-0.25, -0.2) is 0 Å². The van der Waals surface area contributed by atoms with E-state index in [1.807, 2.05) is 19.0 Å². The van der Waals surface area contributed by atoms with Crippen molar-refractivity contribution in [2.45, 2.75) is 33.1 Å². The number of hydrogen-bond donors (Lipinski definition) is 1. The molecule has 1 N–H and O–H groups in total. The van der Waals surface area contributed by atoms with Gasteiger partial charge in [0.25, 0.3) is 0 Å². The number of nitrogens with zero attached hydrogens (tertiary/aromatic N) is 5. The molecule has 0 atom stereocenters. The van der Waals surface area contributed by atoms with Crippen LogP contribution in [0.5, 0.6) is 0 Å². The van der Waals surface area contributed by atoms with Crippen molar-refractivity contribution in [2.75, 3.05) is 48.8 Å². The van der Waals surface area contributed by atoms with Crippen LogP contribution in [0.2, 0.25) is 0 Å². The van der Waals surface area contributed by atoms with Crippen molar-refractivity contribution in [3.63, 3.8) is 0 Å². The van der Waals surface area contributed by atoms with E-state index in [1.165, 1.54) is 12.8 Å². The standard InChI is InChI=1S/C14H26N6/c1-5-9-15-12-16-13(19(3)4)18-14(17-12)20(6-2)10-11-7-8-11/h11H,5-10H2,1-4H3,(H,15,16,17,18). The summed E-state index contributed by atoms with van der Waals surface area (Å²) in [4.78, 5) is 17.8. The molecular formula is C14H26N6. The van der Waals surface area contributed by atoms with Gasteiger partial charge in [0.1, 0.15) is 0 Å². The average molecular weight is 278 g/mol. The van der Waals surface area contributed by atoms with Gasteiger partial charge >= 0.3 is 0 Å². The lowest BCUT2D eigenvalue weighted by molar-refractivity contribution is 0.715. The maximum Gasteiger partial charge on any atom is 0.231 e. The van der Waals surface area contributed by atoms with Crippen LogP contribution in [0.25, 0.3) is 0 Å². The highest BCUT2D eigenvalue weighted by Gasteiger charge is 2.25. The number of aromatic nitrogens is 3. The Labute approximate surface area is 121 Å². The fourth-order valence-electron chi connectivity index (χ4n) is 1.98. The van der Waals surface area contributed by atoms with E-state index in [1.54, 1.807) is 0 Å². The van der Waals surface area contributed by atoms with E-state index >= 15 is 0 Å². The molecule has 0 unspecified atom stereocenters. The van der Waals surface area contributed by atoms with Gasteiger partial charge in [-0.3, -0.25) is 0 Å². The fraction of sp³-hybridized carbons (Fsp3) is 0.786. The van der Waals surface area contributed by atoms with Crippen molar-refractivity contribution in [3.8, 4) is 0 Å². The monoisotopic (exact) mass is 278 g/mol. The smallest absolute Gasteiger partial charge is 0.231 e. The summed E-state index contributed by atoms with van der Waals surface area (Å²) in [7, 11) is 3.92. The van der Waals surface area contributed by atoms with Gasteiger partial charge in [0.2, 0.25) is 17.8 Å². The van der Waals surface area contributed by atoms with Crippen molar-refractivity contribution in [1.29, 1.82) is 0 Å². The largest absolute Gasteiger partial charge is 0.354 e. The van der Waals surface area contributed by atoms with Crippen LogP contribution in [-0.2, 0) is 0 Å². The Morgan fingerprint density at radius 1 is 1.10 bits per heavy atom. The summed E-state index contributed by atoms with van der Waals surface area (Å²) in [6, 6.07) is 0. The minimum atomic E-state index is 0.676. The topological polar surface area (TPSA) is 57.2 Å². The second kappa shape index (κ2) is 6.72. The molecule has 1 aliphatic carbocycles. The first-order chi connectivity index (χ1) is 9.63. The van der Waals surface area contributed by atoms with E-state index in [0.717, 1.165) is 37.9 Å². The first kappa shape index (κ1) is 14.8. The second-order valence-electron chi connectivity index (χ2n) is 5.56. The van der Waals surface area contributed by atoms with Crippen LogP contribution in [0, 0.1) is 5.92 Å². The lowest BCUT2D eigenvalue weighted by Gasteiger charge is -2.22. The Balaban J connectivity index is 2.21. The predicted molar refractivity (Wildman–Crippen MR) is 83.5 cm³/mol. The molecule has 1 saturated carbocycles. The predicted octanol–water partition coefficient (Wildman–Crippen LogP) is 2.00. The summed E-state index contributed by atoms with van der Waals surface area (Å²) >= 11 is 0. The van der Waals surface area contributed by atoms with Gasteiger partial charge < -0.3 is 15.1 Å². The molecule has 6 heteroatoms. The van der Waals surface area contributed by atoms with E-state index in [0.29, 0.717) is 11.9 Å². The van der Waals surface area contributed by atoms with Crippen LogP contribution in [0.3, 0.4) is 0 Å². The summed E-state index contributed by atoms with van der Waals surface area (Å²) in [5, 5.41) is 3.26. The maximum absolute atomic E-state index is 4.58. The molecule has 1 heterocycles. The Bertz CT molecular complexity index is 430. The van der Waals surface area contributed by atoms with E-state index in [4.69, 9.17) is 0 Å². The lowest BCUT2D eigenvalue weighted by Crippen LogP contribution is -2.29. The van der Waals surface area contributed by atoms with E-state index < -0.39 is 0 Å². The van der Waals surface area contributed by atoms with E-state index in [9.17, 15) is 0 Å².